The van der Waals surface area contributed by atoms with Gasteiger partial charge in [-0.3, -0.25) is 9.69 Å². The lowest BCUT2D eigenvalue weighted by molar-refractivity contribution is -0.145. The molecule has 1 fully saturated rings. The topological polar surface area (TPSA) is 57.6 Å². The Labute approximate surface area is 132 Å². The molecule has 1 aliphatic heterocycles. The first kappa shape index (κ1) is 15.7. The van der Waals surface area contributed by atoms with Gasteiger partial charge in [-0.15, -0.1) is 0 Å². The van der Waals surface area contributed by atoms with Gasteiger partial charge in [0.25, 0.3) is 5.91 Å². The summed E-state index contributed by atoms with van der Waals surface area (Å²) in [6.07, 6.45) is 2.09. The highest BCUT2D eigenvalue weighted by molar-refractivity contribution is 8.26. The van der Waals surface area contributed by atoms with E-state index < -0.39 is 12.0 Å². The molecule has 1 aromatic rings. The third-order valence-electron chi connectivity index (χ3n) is 3.28. The van der Waals surface area contributed by atoms with Crippen molar-refractivity contribution in [2.45, 2.75) is 26.3 Å². The van der Waals surface area contributed by atoms with Crippen LogP contribution in [0, 0.1) is 6.92 Å². The smallest absolute Gasteiger partial charge is 0.326 e. The van der Waals surface area contributed by atoms with Crippen molar-refractivity contribution < 1.29 is 14.7 Å². The molecule has 0 aromatic heterocycles. The van der Waals surface area contributed by atoms with Gasteiger partial charge in [-0.25, -0.2) is 4.79 Å². The van der Waals surface area contributed by atoms with E-state index in [0.29, 0.717) is 15.6 Å². The van der Waals surface area contributed by atoms with Crippen LogP contribution in [0.15, 0.2) is 29.2 Å². The van der Waals surface area contributed by atoms with E-state index in [0.717, 1.165) is 22.9 Å². The Morgan fingerprint density at radius 1 is 1.48 bits per heavy atom. The fraction of sp³-hybridized carbons (Fsp3) is 0.267. The Bertz CT molecular complexity index is 640. The van der Waals surface area contributed by atoms with Crippen LogP contribution in [-0.4, -0.2) is 32.2 Å². The summed E-state index contributed by atoms with van der Waals surface area (Å²) in [6.45, 7) is 3.68. The van der Waals surface area contributed by atoms with Crippen molar-refractivity contribution in [1.29, 1.82) is 0 Å². The normalized spacial score (nSPS) is 18.4. The highest BCUT2D eigenvalue weighted by atomic mass is 32.2. The van der Waals surface area contributed by atoms with Gasteiger partial charge in [0.15, 0.2) is 0 Å². The SMILES string of the molecule is CC[C@@H](C(=O)O)N1C(=O)/C(=C/c2ccccc2C)SC1=S. The standard InChI is InChI=1S/C15H15NO3S2/c1-3-11(14(18)19)16-13(17)12(21-15(16)20)8-10-7-5-4-6-9(10)2/h4-8,11H,3H2,1-2H3,(H,18,19)/b12-8-/t11-/m0/s1. The average molecular weight is 321 g/mol. The Hall–Kier alpha value is -1.66. The molecule has 1 amide bonds. The van der Waals surface area contributed by atoms with Gasteiger partial charge in [-0.1, -0.05) is 55.2 Å². The zero-order chi connectivity index (χ0) is 15.6. The molecular weight excluding hydrogens is 306 g/mol. The number of carbonyl (C=O) groups excluding carboxylic acids is 1. The number of nitrogens with zero attached hydrogens (tertiary/aromatic N) is 1. The zero-order valence-corrected chi connectivity index (χ0v) is 13.3. The van der Waals surface area contributed by atoms with E-state index >= 15 is 0 Å². The van der Waals surface area contributed by atoms with Crippen LogP contribution >= 0.6 is 24.0 Å². The van der Waals surface area contributed by atoms with E-state index in [-0.39, 0.29) is 5.91 Å². The summed E-state index contributed by atoms with van der Waals surface area (Å²) in [5.41, 5.74) is 1.98. The molecular formula is C15H15NO3S2. The van der Waals surface area contributed by atoms with Crippen LogP contribution in [0.1, 0.15) is 24.5 Å². The largest absolute Gasteiger partial charge is 0.480 e. The van der Waals surface area contributed by atoms with E-state index in [1.807, 2.05) is 31.2 Å². The third kappa shape index (κ3) is 3.16. The summed E-state index contributed by atoms with van der Waals surface area (Å²) in [6, 6.07) is 6.79. The van der Waals surface area contributed by atoms with Gasteiger partial charge >= 0.3 is 5.97 Å². The van der Waals surface area contributed by atoms with Gasteiger partial charge in [0.2, 0.25) is 0 Å². The Morgan fingerprint density at radius 3 is 2.71 bits per heavy atom. The van der Waals surface area contributed by atoms with Crippen LogP contribution in [0.5, 0.6) is 0 Å². The zero-order valence-electron chi connectivity index (χ0n) is 11.7. The van der Waals surface area contributed by atoms with Crippen molar-refractivity contribution in [3.63, 3.8) is 0 Å². The predicted molar refractivity (Wildman–Crippen MR) is 87.9 cm³/mol. The van der Waals surface area contributed by atoms with Gasteiger partial charge in [-0.05, 0) is 30.5 Å². The van der Waals surface area contributed by atoms with Crippen molar-refractivity contribution in [3.8, 4) is 0 Å². The van der Waals surface area contributed by atoms with Gasteiger partial charge in [0.1, 0.15) is 10.4 Å². The van der Waals surface area contributed by atoms with Crippen LogP contribution in [0.25, 0.3) is 6.08 Å². The lowest BCUT2D eigenvalue weighted by atomic mass is 10.1. The molecule has 4 nitrogen and oxygen atoms in total. The second kappa shape index (κ2) is 6.41. The van der Waals surface area contributed by atoms with Crippen molar-refractivity contribution in [2.75, 3.05) is 0 Å². The fourth-order valence-corrected chi connectivity index (χ4v) is 3.45. The maximum atomic E-state index is 12.4. The number of thiocarbonyl (C=S) groups is 1. The van der Waals surface area contributed by atoms with Gasteiger partial charge in [0, 0.05) is 0 Å². The second-order valence-corrected chi connectivity index (χ2v) is 6.35. The molecule has 1 saturated heterocycles. The Kier molecular flexibility index (Phi) is 4.80. The van der Waals surface area contributed by atoms with Gasteiger partial charge in [-0.2, -0.15) is 0 Å². The van der Waals surface area contributed by atoms with E-state index in [9.17, 15) is 14.7 Å². The number of carboxylic acid groups (broad SMARTS) is 1. The van der Waals surface area contributed by atoms with Crippen LogP contribution in [-0.2, 0) is 9.59 Å². The number of carbonyl (C=O) groups is 2. The predicted octanol–water partition coefficient (Wildman–Crippen LogP) is 3.06. The van der Waals surface area contributed by atoms with Crippen molar-refractivity contribution in [3.05, 3.63) is 40.3 Å². The minimum absolute atomic E-state index is 0.300. The summed E-state index contributed by atoms with van der Waals surface area (Å²) in [4.78, 5) is 25.3. The molecule has 1 aromatic carbocycles. The van der Waals surface area contributed by atoms with E-state index in [2.05, 4.69) is 0 Å². The van der Waals surface area contributed by atoms with E-state index in [1.54, 1.807) is 13.0 Å². The molecule has 1 atom stereocenters. The first-order valence-corrected chi connectivity index (χ1v) is 7.73. The summed E-state index contributed by atoms with van der Waals surface area (Å²) < 4.78 is 0.300. The molecule has 0 bridgehead atoms. The highest BCUT2D eigenvalue weighted by Crippen LogP contribution is 2.34. The molecule has 6 heteroatoms. The minimum Gasteiger partial charge on any atom is -0.480 e. The summed E-state index contributed by atoms with van der Waals surface area (Å²) in [5, 5.41) is 9.21. The lowest BCUT2D eigenvalue weighted by Gasteiger charge is -2.21. The molecule has 0 saturated carbocycles. The molecule has 0 radical (unpaired) electrons. The molecule has 0 spiro atoms. The minimum atomic E-state index is -1.04. The number of hydrogen-bond acceptors (Lipinski definition) is 4. The number of hydrogen-bond donors (Lipinski definition) is 1. The average Bonchev–Trinajstić information content (AvgIpc) is 2.70. The van der Waals surface area contributed by atoms with Crippen LogP contribution in [0.4, 0.5) is 0 Å². The van der Waals surface area contributed by atoms with Crippen LogP contribution < -0.4 is 0 Å². The molecule has 0 aliphatic carbocycles. The Morgan fingerprint density at radius 2 is 2.14 bits per heavy atom. The summed E-state index contributed by atoms with van der Waals surface area (Å²) >= 11 is 6.32. The van der Waals surface area contributed by atoms with E-state index in [1.165, 1.54) is 4.90 Å². The summed E-state index contributed by atoms with van der Waals surface area (Å²) in [7, 11) is 0. The number of rotatable bonds is 4. The number of thioether (sulfide) groups is 1. The van der Waals surface area contributed by atoms with Crippen LogP contribution in [0.2, 0.25) is 0 Å². The molecule has 0 unspecified atom stereocenters. The monoisotopic (exact) mass is 321 g/mol. The highest BCUT2D eigenvalue weighted by Gasteiger charge is 2.39. The molecule has 21 heavy (non-hydrogen) atoms. The summed E-state index contributed by atoms with van der Waals surface area (Å²) in [5.74, 6) is -1.37. The first-order valence-electron chi connectivity index (χ1n) is 6.51. The van der Waals surface area contributed by atoms with Gasteiger partial charge in [0.05, 0.1) is 4.91 Å². The fourth-order valence-electron chi connectivity index (χ4n) is 2.11. The number of aliphatic carboxylic acids is 1. The number of benzene rings is 1. The van der Waals surface area contributed by atoms with Gasteiger partial charge < -0.3 is 5.11 Å². The molecule has 110 valence electrons. The molecule has 1 heterocycles. The molecule has 1 N–H and O–H groups in total. The lowest BCUT2D eigenvalue weighted by Crippen LogP contribution is -2.43. The number of carboxylic acids is 1. The second-order valence-electron chi connectivity index (χ2n) is 4.67. The van der Waals surface area contributed by atoms with Crippen molar-refractivity contribution in [1.82, 2.24) is 4.90 Å². The number of amides is 1. The van der Waals surface area contributed by atoms with Crippen molar-refractivity contribution >= 4 is 46.3 Å². The van der Waals surface area contributed by atoms with Crippen LogP contribution in [0.3, 0.4) is 0 Å². The quantitative estimate of drug-likeness (QED) is 0.682. The first-order chi connectivity index (χ1) is 9.95. The number of aryl methyl sites for hydroxylation is 1. The maximum absolute atomic E-state index is 12.4. The van der Waals surface area contributed by atoms with Crippen molar-refractivity contribution in [2.24, 2.45) is 0 Å². The molecule has 2 rings (SSSR count). The molecule has 1 aliphatic rings. The van der Waals surface area contributed by atoms with E-state index in [4.69, 9.17) is 12.2 Å². The Balaban J connectivity index is 2.34. The third-order valence-corrected chi connectivity index (χ3v) is 4.61. The maximum Gasteiger partial charge on any atom is 0.326 e.